The van der Waals surface area contributed by atoms with Gasteiger partial charge in [-0.15, -0.1) is 0 Å². The molecule has 0 spiro atoms. The Hall–Kier alpha value is -2.50. The smallest absolute Gasteiger partial charge is 0.303 e. The first-order chi connectivity index (χ1) is 23.1. The van der Waals surface area contributed by atoms with Crippen molar-refractivity contribution < 1.29 is 48.1 Å². The van der Waals surface area contributed by atoms with Crippen molar-refractivity contribution in [2.45, 2.75) is 149 Å². The van der Waals surface area contributed by atoms with Gasteiger partial charge in [-0.05, 0) is 39.5 Å². The van der Waals surface area contributed by atoms with Crippen molar-refractivity contribution in [1.82, 2.24) is 5.32 Å². The molecule has 1 amide bonds. The summed E-state index contributed by atoms with van der Waals surface area (Å²) in [7, 11) is 0. The van der Waals surface area contributed by atoms with Crippen LogP contribution in [0.1, 0.15) is 149 Å². The number of carboxylic acids is 1. The normalized spacial score (nSPS) is 11.7. The zero-order valence-corrected chi connectivity index (χ0v) is 30.0. The Balaban J connectivity index is 3.44. The fourth-order valence-electron chi connectivity index (χ4n) is 5.24. The number of carbonyl (C=O) groups excluding carboxylic acids is 5. The number of aliphatic carboxylic acids is 1. The van der Waals surface area contributed by atoms with Crippen molar-refractivity contribution in [3.63, 3.8) is 0 Å². The average Bonchev–Trinajstić information content (AvgIpc) is 3.03. The molecule has 1 atom stereocenters. The number of ketones is 4. The monoisotopic (exact) mass is 683 g/mol. The molecule has 0 aromatic carbocycles. The standard InChI is InChI=1S/C37H65NO10/c1-31(39)21-22-33(32(2)40)28-35(42)30-48-29-34(41)18-17-24-46-26-27-47-25-23-38-36(43)19-15-13-11-9-7-5-3-4-6-8-10-12-14-16-20-37(44)45/h33H,3-30H2,1-2H3,(H,38,43)(H,44,45)/t33-/m1/s1. The van der Waals surface area contributed by atoms with E-state index < -0.39 is 11.9 Å². The lowest BCUT2D eigenvalue weighted by Gasteiger charge is -2.12. The Kier molecular flexibility index (Phi) is 31.3. The highest BCUT2D eigenvalue weighted by molar-refractivity contribution is 5.88. The average molecular weight is 684 g/mol. The highest BCUT2D eigenvalue weighted by Gasteiger charge is 2.19. The first-order valence-corrected chi connectivity index (χ1v) is 18.4. The number of rotatable bonds is 37. The van der Waals surface area contributed by atoms with E-state index in [9.17, 15) is 28.8 Å². The molecule has 0 bridgehead atoms. The Morgan fingerprint density at radius 2 is 1.04 bits per heavy atom. The molecule has 0 saturated heterocycles. The summed E-state index contributed by atoms with van der Waals surface area (Å²) < 4.78 is 16.2. The van der Waals surface area contributed by atoms with Crippen molar-refractivity contribution in [2.24, 2.45) is 5.92 Å². The van der Waals surface area contributed by atoms with Crippen LogP contribution in [0.5, 0.6) is 0 Å². The molecule has 278 valence electrons. The van der Waals surface area contributed by atoms with Gasteiger partial charge in [0.05, 0.1) is 19.8 Å². The molecule has 0 saturated carbocycles. The Labute approximate surface area is 289 Å². The summed E-state index contributed by atoms with van der Waals surface area (Å²) in [5.41, 5.74) is 0. The van der Waals surface area contributed by atoms with Crippen molar-refractivity contribution in [2.75, 3.05) is 46.2 Å². The minimum absolute atomic E-state index is 0.0186. The molecular formula is C37H65NO10. The molecule has 0 radical (unpaired) electrons. The second kappa shape index (κ2) is 33.0. The van der Waals surface area contributed by atoms with Gasteiger partial charge in [0.1, 0.15) is 24.8 Å². The Morgan fingerprint density at radius 3 is 1.56 bits per heavy atom. The summed E-state index contributed by atoms with van der Waals surface area (Å²) >= 11 is 0. The van der Waals surface area contributed by atoms with Crippen LogP contribution in [0, 0.1) is 5.92 Å². The van der Waals surface area contributed by atoms with Gasteiger partial charge in [0.25, 0.3) is 0 Å². The second-order valence-electron chi connectivity index (χ2n) is 12.8. The van der Waals surface area contributed by atoms with Gasteiger partial charge < -0.3 is 29.4 Å². The molecule has 0 heterocycles. The number of ether oxygens (including phenoxy) is 3. The first kappa shape index (κ1) is 45.5. The van der Waals surface area contributed by atoms with Crippen LogP contribution in [0.3, 0.4) is 0 Å². The van der Waals surface area contributed by atoms with E-state index in [4.69, 9.17) is 19.3 Å². The van der Waals surface area contributed by atoms with Crippen LogP contribution in [-0.4, -0.2) is 86.3 Å². The zero-order chi connectivity index (χ0) is 35.7. The fraction of sp³-hybridized carbons (Fsp3) is 0.838. The molecule has 11 heteroatoms. The predicted molar refractivity (Wildman–Crippen MR) is 185 cm³/mol. The molecule has 48 heavy (non-hydrogen) atoms. The summed E-state index contributed by atoms with van der Waals surface area (Å²) in [6, 6.07) is 0. The largest absolute Gasteiger partial charge is 0.481 e. The predicted octanol–water partition coefficient (Wildman–Crippen LogP) is 6.36. The SMILES string of the molecule is CC(=O)CC[C@H](CC(=O)COCC(=O)CCCOCCOCCNC(=O)CCCCCCCCCCCCCCCCC(=O)O)C(C)=O. The van der Waals surface area contributed by atoms with Gasteiger partial charge in [-0.2, -0.15) is 0 Å². The van der Waals surface area contributed by atoms with E-state index >= 15 is 0 Å². The van der Waals surface area contributed by atoms with Gasteiger partial charge >= 0.3 is 5.97 Å². The molecule has 0 aromatic rings. The zero-order valence-electron chi connectivity index (χ0n) is 30.0. The lowest BCUT2D eigenvalue weighted by molar-refractivity contribution is -0.137. The lowest BCUT2D eigenvalue weighted by Crippen LogP contribution is -2.27. The molecule has 0 unspecified atom stereocenters. The highest BCUT2D eigenvalue weighted by Crippen LogP contribution is 2.15. The van der Waals surface area contributed by atoms with Gasteiger partial charge in [0, 0.05) is 51.2 Å². The third kappa shape index (κ3) is 33.4. The quantitative estimate of drug-likeness (QED) is 0.0705. The van der Waals surface area contributed by atoms with Gasteiger partial charge in [-0.1, -0.05) is 77.0 Å². The van der Waals surface area contributed by atoms with Gasteiger partial charge in [-0.25, -0.2) is 0 Å². The Morgan fingerprint density at radius 1 is 0.542 bits per heavy atom. The summed E-state index contributed by atoms with van der Waals surface area (Å²) in [6.45, 7) is 4.55. The van der Waals surface area contributed by atoms with Crippen LogP contribution in [-0.2, 0) is 43.0 Å². The van der Waals surface area contributed by atoms with Gasteiger partial charge in [0.2, 0.25) is 5.91 Å². The minimum atomic E-state index is -0.693. The van der Waals surface area contributed by atoms with E-state index in [0.29, 0.717) is 58.7 Å². The summed E-state index contributed by atoms with van der Waals surface area (Å²) in [6.07, 6.45) is 18.5. The van der Waals surface area contributed by atoms with E-state index in [2.05, 4.69) is 5.32 Å². The lowest BCUT2D eigenvalue weighted by atomic mass is 9.93. The van der Waals surface area contributed by atoms with E-state index in [0.717, 1.165) is 32.1 Å². The number of hydrogen-bond donors (Lipinski definition) is 2. The molecule has 0 aliphatic rings. The molecule has 0 aliphatic heterocycles. The highest BCUT2D eigenvalue weighted by atomic mass is 16.5. The number of hydrogen-bond acceptors (Lipinski definition) is 9. The van der Waals surface area contributed by atoms with Crippen LogP contribution >= 0.6 is 0 Å². The summed E-state index contributed by atoms with van der Waals surface area (Å²) in [4.78, 5) is 69.3. The molecule has 0 aliphatic carbocycles. The molecule has 2 N–H and O–H groups in total. The van der Waals surface area contributed by atoms with E-state index in [1.54, 1.807) is 0 Å². The van der Waals surface area contributed by atoms with Crippen molar-refractivity contribution in [3.8, 4) is 0 Å². The number of nitrogens with one attached hydrogen (secondary N) is 1. The number of carbonyl (C=O) groups is 6. The topological polar surface area (TPSA) is 162 Å². The second-order valence-corrected chi connectivity index (χ2v) is 12.8. The molecular weight excluding hydrogens is 618 g/mol. The maximum atomic E-state index is 12.1. The first-order valence-electron chi connectivity index (χ1n) is 18.4. The van der Waals surface area contributed by atoms with E-state index in [1.165, 1.54) is 71.6 Å². The number of unbranched alkanes of at least 4 members (excludes halogenated alkanes) is 13. The molecule has 11 nitrogen and oxygen atoms in total. The maximum absolute atomic E-state index is 12.1. The van der Waals surface area contributed by atoms with Gasteiger partial charge in [-0.3, -0.25) is 24.0 Å². The fourth-order valence-corrected chi connectivity index (χ4v) is 5.24. The molecule has 0 fully saturated rings. The van der Waals surface area contributed by atoms with Crippen LogP contribution in [0.25, 0.3) is 0 Å². The minimum Gasteiger partial charge on any atom is -0.481 e. The van der Waals surface area contributed by atoms with Crippen LogP contribution in [0.2, 0.25) is 0 Å². The number of carboxylic acid groups (broad SMARTS) is 1. The van der Waals surface area contributed by atoms with Crippen molar-refractivity contribution >= 4 is 35.0 Å². The summed E-state index contributed by atoms with van der Waals surface area (Å²) in [5, 5.41) is 11.5. The van der Waals surface area contributed by atoms with Crippen LogP contribution in [0.4, 0.5) is 0 Å². The van der Waals surface area contributed by atoms with Crippen LogP contribution < -0.4 is 5.32 Å². The van der Waals surface area contributed by atoms with Crippen molar-refractivity contribution in [3.05, 3.63) is 0 Å². The molecule has 0 aromatic heterocycles. The van der Waals surface area contributed by atoms with E-state index in [-0.39, 0.29) is 61.5 Å². The van der Waals surface area contributed by atoms with Gasteiger partial charge in [0.15, 0.2) is 11.6 Å². The third-order valence-electron chi connectivity index (χ3n) is 8.15. The molecule has 0 rings (SSSR count). The maximum Gasteiger partial charge on any atom is 0.303 e. The number of amides is 1. The van der Waals surface area contributed by atoms with E-state index in [1.807, 2.05) is 0 Å². The van der Waals surface area contributed by atoms with Crippen molar-refractivity contribution in [1.29, 1.82) is 0 Å². The number of Topliss-reactive ketones (excluding diaryl/α,β-unsaturated/α-hetero) is 4. The third-order valence-corrected chi connectivity index (χ3v) is 8.15. The summed E-state index contributed by atoms with van der Waals surface area (Å²) in [5.74, 6) is -1.66. The van der Waals surface area contributed by atoms with Crippen LogP contribution in [0.15, 0.2) is 0 Å². The Bertz CT molecular complexity index is 891.